The van der Waals surface area contributed by atoms with E-state index in [1.165, 1.54) is 17.7 Å². The molecule has 1 fully saturated rings. The van der Waals surface area contributed by atoms with Crippen LogP contribution in [-0.4, -0.2) is 38.9 Å². The van der Waals surface area contributed by atoms with E-state index >= 15 is 0 Å². The van der Waals surface area contributed by atoms with Gasteiger partial charge in [-0.3, -0.25) is 9.69 Å². The second kappa shape index (κ2) is 10.2. The molecule has 0 saturated heterocycles. The molecule has 162 valence electrons. The third-order valence-corrected chi connectivity index (χ3v) is 6.93. The molecule has 1 amide bonds. The lowest BCUT2D eigenvalue weighted by Gasteiger charge is -2.20. The molecule has 2 aromatic rings. The van der Waals surface area contributed by atoms with Gasteiger partial charge < -0.3 is 5.32 Å². The number of nitrogens with zero attached hydrogens (tertiary/aromatic N) is 1. The Morgan fingerprint density at radius 3 is 2.40 bits per heavy atom. The molecule has 0 aromatic heterocycles. The molecule has 0 spiro atoms. The highest BCUT2D eigenvalue weighted by molar-refractivity contribution is 7.89. The average Bonchev–Trinajstić information content (AvgIpc) is 3.60. The molecule has 0 aliphatic heterocycles. The predicted molar refractivity (Wildman–Crippen MR) is 119 cm³/mol. The summed E-state index contributed by atoms with van der Waals surface area (Å²) in [7, 11) is -3.60. The Morgan fingerprint density at radius 1 is 1.03 bits per heavy atom. The van der Waals surface area contributed by atoms with Crippen LogP contribution in [0.15, 0.2) is 53.4 Å². The van der Waals surface area contributed by atoms with Crippen LogP contribution in [0.1, 0.15) is 48.2 Å². The topological polar surface area (TPSA) is 78.5 Å². The highest BCUT2D eigenvalue weighted by atomic mass is 32.2. The van der Waals surface area contributed by atoms with Gasteiger partial charge in [0.1, 0.15) is 0 Å². The maximum Gasteiger partial charge on any atom is 0.251 e. The van der Waals surface area contributed by atoms with Crippen molar-refractivity contribution in [3.63, 3.8) is 0 Å². The maximum absolute atomic E-state index is 12.7. The molecule has 1 aliphatic rings. The first kappa shape index (κ1) is 22.5. The van der Waals surface area contributed by atoms with Gasteiger partial charge in [0.2, 0.25) is 10.0 Å². The molecule has 6 nitrogen and oxygen atoms in total. The number of amides is 1. The van der Waals surface area contributed by atoms with Crippen LogP contribution in [0, 0.1) is 5.92 Å². The van der Waals surface area contributed by atoms with Crippen molar-refractivity contribution >= 4 is 15.9 Å². The number of carbonyl (C=O) groups excluding carboxylic acids is 1. The van der Waals surface area contributed by atoms with E-state index in [1.807, 2.05) is 18.2 Å². The zero-order chi connectivity index (χ0) is 21.6. The van der Waals surface area contributed by atoms with Crippen molar-refractivity contribution in [1.82, 2.24) is 14.9 Å². The number of hydrogen-bond donors (Lipinski definition) is 2. The van der Waals surface area contributed by atoms with Crippen molar-refractivity contribution in [2.75, 3.05) is 19.6 Å². The quantitative estimate of drug-likeness (QED) is 0.575. The summed E-state index contributed by atoms with van der Waals surface area (Å²) in [6.07, 6.45) is 2.14. The lowest BCUT2D eigenvalue weighted by molar-refractivity contribution is 0.0950. The smallest absolute Gasteiger partial charge is 0.251 e. The van der Waals surface area contributed by atoms with Gasteiger partial charge in [0.25, 0.3) is 5.91 Å². The van der Waals surface area contributed by atoms with Crippen molar-refractivity contribution in [3.05, 3.63) is 65.2 Å². The first-order chi connectivity index (χ1) is 14.4. The first-order valence-corrected chi connectivity index (χ1v) is 12.1. The van der Waals surface area contributed by atoms with Gasteiger partial charge in [0.05, 0.1) is 4.90 Å². The van der Waals surface area contributed by atoms with Crippen LogP contribution in [0.3, 0.4) is 0 Å². The summed E-state index contributed by atoms with van der Waals surface area (Å²) < 4.78 is 27.6. The fourth-order valence-electron chi connectivity index (χ4n) is 3.29. The molecule has 0 atom stereocenters. The fourth-order valence-corrected chi connectivity index (χ4v) is 4.45. The Balaban J connectivity index is 1.66. The molecule has 0 unspecified atom stereocenters. The molecular weight excluding hydrogens is 398 g/mol. The maximum atomic E-state index is 12.7. The summed E-state index contributed by atoms with van der Waals surface area (Å²) in [6, 6.07) is 14.3. The van der Waals surface area contributed by atoms with Gasteiger partial charge in [-0.15, -0.1) is 0 Å². The highest BCUT2D eigenvalue weighted by Crippen LogP contribution is 2.28. The molecule has 2 N–H and O–H groups in total. The Labute approximate surface area is 179 Å². The summed E-state index contributed by atoms with van der Waals surface area (Å²) in [5.74, 6) is 0.162. The minimum Gasteiger partial charge on any atom is -0.348 e. The second-order valence-electron chi connectivity index (χ2n) is 7.74. The van der Waals surface area contributed by atoms with Gasteiger partial charge in [0.15, 0.2) is 0 Å². The van der Waals surface area contributed by atoms with Gasteiger partial charge in [-0.1, -0.05) is 44.2 Å². The zero-order valence-electron chi connectivity index (χ0n) is 17.7. The van der Waals surface area contributed by atoms with E-state index in [4.69, 9.17) is 0 Å². The zero-order valence-corrected chi connectivity index (χ0v) is 18.5. The van der Waals surface area contributed by atoms with E-state index in [0.717, 1.165) is 38.0 Å². The number of benzene rings is 2. The lowest BCUT2D eigenvalue weighted by Crippen LogP contribution is -2.27. The van der Waals surface area contributed by atoms with Crippen LogP contribution < -0.4 is 10.0 Å². The van der Waals surface area contributed by atoms with Crippen LogP contribution in [0.4, 0.5) is 0 Å². The van der Waals surface area contributed by atoms with E-state index in [0.29, 0.717) is 24.6 Å². The second-order valence-corrected chi connectivity index (χ2v) is 9.50. The molecule has 0 heterocycles. The van der Waals surface area contributed by atoms with Crippen LogP contribution in [0.25, 0.3) is 0 Å². The molecule has 30 heavy (non-hydrogen) atoms. The van der Waals surface area contributed by atoms with E-state index in [1.54, 1.807) is 12.1 Å². The summed E-state index contributed by atoms with van der Waals surface area (Å²) >= 11 is 0. The molecule has 7 heteroatoms. The Kier molecular flexibility index (Phi) is 7.64. The van der Waals surface area contributed by atoms with Crippen LogP contribution in [-0.2, 0) is 23.1 Å². The van der Waals surface area contributed by atoms with Gasteiger partial charge in [-0.2, -0.15) is 0 Å². The van der Waals surface area contributed by atoms with Crippen molar-refractivity contribution < 1.29 is 13.2 Å². The van der Waals surface area contributed by atoms with Crippen molar-refractivity contribution in [2.24, 2.45) is 5.92 Å². The number of carbonyl (C=O) groups is 1. The van der Waals surface area contributed by atoms with E-state index < -0.39 is 10.0 Å². The Bertz CT molecular complexity index is 967. The molecule has 2 aromatic carbocycles. The highest BCUT2D eigenvalue weighted by Gasteiger charge is 2.24. The molecule has 1 saturated carbocycles. The normalized spacial score (nSPS) is 14.1. The third-order valence-electron chi connectivity index (χ3n) is 5.51. The number of rotatable bonds is 11. The van der Waals surface area contributed by atoms with Gasteiger partial charge in [0, 0.05) is 25.2 Å². The molecule has 0 radical (unpaired) electrons. The van der Waals surface area contributed by atoms with Gasteiger partial charge >= 0.3 is 0 Å². The monoisotopic (exact) mass is 429 g/mol. The van der Waals surface area contributed by atoms with Gasteiger partial charge in [-0.25, -0.2) is 13.1 Å². The summed E-state index contributed by atoms with van der Waals surface area (Å²) in [5, 5.41) is 2.93. The minimum atomic E-state index is -3.60. The van der Waals surface area contributed by atoms with Crippen LogP contribution in [0.2, 0.25) is 0 Å². The van der Waals surface area contributed by atoms with E-state index in [-0.39, 0.29) is 10.8 Å². The first-order valence-electron chi connectivity index (χ1n) is 10.6. The summed E-state index contributed by atoms with van der Waals surface area (Å²) in [6.45, 7) is 7.89. The third kappa shape index (κ3) is 6.14. The number of sulfonamides is 1. The Morgan fingerprint density at radius 2 is 1.73 bits per heavy atom. The summed E-state index contributed by atoms with van der Waals surface area (Å²) in [4.78, 5) is 15.1. The van der Waals surface area contributed by atoms with Crippen molar-refractivity contribution in [3.8, 4) is 0 Å². The number of nitrogens with one attached hydrogen (secondary N) is 2. The molecule has 1 aliphatic carbocycles. The molecular formula is C23H31N3O3S. The van der Waals surface area contributed by atoms with Crippen LogP contribution in [0.5, 0.6) is 0 Å². The largest absolute Gasteiger partial charge is 0.348 e. The minimum absolute atomic E-state index is 0.123. The van der Waals surface area contributed by atoms with E-state index in [9.17, 15) is 13.2 Å². The molecule has 3 rings (SSSR count). The van der Waals surface area contributed by atoms with Crippen molar-refractivity contribution in [1.29, 1.82) is 0 Å². The Hall–Kier alpha value is -2.22. The van der Waals surface area contributed by atoms with E-state index in [2.05, 4.69) is 34.9 Å². The lowest BCUT2D eigenvalue weighted by atomic mass is 10.1. The fraction of sp³-hybridized carbons (Fsp3) is 0.435. The predicted octanol–water partition coefficient (Wildman–Crippen LogP) is 3.15. The van der Waals surface area contributed by atoms with Crippen molar-refractivity contribution in [2.45, 2.75) is 44.7 Å². The van der Waals surface area contributed by atoms with Crippen LogP contribution >= 0.6 is 0 Å². The SMILES string of the molecule is CCN(CC)Cc1ccccc1CNC(=O)c1cccc(S(=O)(=O)NCC2CC2)c1. The standard InChI is InChI=1S/C23H31N3O3S/c1-3-26(4-2)17-21-9-6-5-8-20(21)16-24-23(27)19-10-7-11-22(14-19)30(28,29)25-15-18-12-13-18/h5-11,14,18,25H,3-4,12-13,15-17H2,1-2H3,(H,24,27). The van der Waals surface area contributed by atoms with Gasteiger partial charge in [-0.05, 0) is 61.2 Å². The average molecular weight is 430 g/mol. The summed E-state index contributed by atoms with van der Waals surface area (Å²) in [5.41, 5.74) is 2.58. The molecule has 0 bridgehead atoms. The number of hydrogen-bond acceptors (Lipinski definition) is 4.